The smallest absolute Gasteiger partial charge is 0.0257 e. The molecule has 0 saturated heterocycles. The Morgan fingerprint density at radius 3 is 2.50 bits per heavy atom. The van der Waals surface area contributed by atoms with E-state index in [0.29, 0.717) is 5.41 Å². The van der Waals surface area contributed by atoms with Crippen LogP contribution in [0, 0.1) is 11.3 Å². The zero-order valence-corrected chi connectivity index (χ0v) is 6.33. The van der Waals surface area contributed by atoms with E-state index >= 15 is 0 Å². The van der Waals surface area contributed by atoms with Gasteiger partial charge in [-0.05, 0) is 17.8 Å². The van der Waals surface area contributed by atoms with E-state index in [0.717, 1.165) is 11.8 Å². The van der Waals surface area contributed by atoms with Gasteiger partial charge in [0, 0.05) is 5.88 Å². The first-order valence-electron chi connectivity index (χ1n) is 3.29. The molecule has 1 aliphatic rings. The van der Waals surface area contributed by atoms with Crippen LogP contribution in [0.3, 0.4) is 0 Å². The number of alkyl halides is 1. The van der Waals surface area contributed by atoms with Gasteiger partial charge >= 0.3 is 0 Å². The van der Waals surface area contributed by atoms with Crippen molar-refractivity contribution in [2.75, 3.05) is 5.88 Å². The van der Waals surface area contributed by atoms with Crippen LogP contribution in [0.4, 0.5) is 0 Å². The third kappa shape index (κ3) is 0.862. The highest BCUT2D eigenvalue weighted by molar-refractivity contribution is 6.18. The zero-order chi connectivity index (χ0) is 6.20. The fourth-order valence-corrected chi connectivity index (χ4v) is 1.66. The Morgan fingerprint density at radius 2 is 2.38 bits per heavy atom. The van der Waals surface area contributed by atoms with Gasteiger partial charge in [-0.25, -0.2) is 0 Å². The Kier molecular flexibility index (Phi) is 1.53. The second kappa shape index (κ2) is 1.91. The molecule has 48 valence electrons. The van der Waals surface area contributed by atoms with Gasteiger partial charge in [0.25, 0.3) is 0 Å². The molecule has 2 unspecified atom stereocenters. The van der Waals surface area contributed by atoms with Gasteiger partial charge in [0.1, 0.15) is 0 Å². The van der Waals surface area contributed by atoms with Crippen molar-refractivity contribution in [2.45, 2.75) is 26.7 Å². The summed E-state index contributed by atoms with van der Waals surface area (Å²) in [7, 11) is 0. The number of hydrogen-bond acceptors (Lipinski definition) is 0. The highest BCUT2D eigenvalue weighted by Gasteiger charge is 2.47. The third-order valence-electron chi connectivity index (χ3n) is 2.53. The van der Waals surface area contributed by atoms with Crippen LogP contribution >= 0.6 is 11.6 Å². The number of halogens is 1. The minimum absolute atomic E-state index is 0.627. The van der Waals surface area contributed by atoms with Crippen molar-refractivity contribution in [3.8, 4) is 0 Å². The molecule has 0 bridgehead atoms. The number of hydrogen-bond donors (Lipinski definition) is 0. The molecule has 1 rings (SSSR count). The molecule has 8 heavy (non-hydrogen) atoms. The van der Waals surface area contributed by atoms with Gasteiger partial charge in [-0.1, -0.05) is 20.3 Å². The molecule has 0 amide bonds. The van der Waals surface area contributed by atoms with E-state index in [1.165, 1.54) is 12.8 Å². The predicted molar refractivity (Wildman–Crippen MR) is 37.2 cm³/mol. The minimum Gasteiger partial charge on any atom is -0.126 e. The molecule has 0 nitrogen and oxygen atoms in total. The Balaban J connectivity index is 2.31. The van der Waals surface area contributed by atoms with Gasteiger partial charge in [-0.15, -0.1) is 11.6 Å². The van der Waals surface area contributed by atoms with E-state index in [1.807, 2.05) is 0 Å². The molecule has 0 aromatic carbocycles. The van der Waals surface area contributed by atoms with Gasteiger partial charge in [-0.3, -0.25) is 0 Å². The molecule has 1 heteroatoms. The van der Waals surface area contributed by atoms with Gasteiger partial charge in [0.2, 0.25) is 0 Å². The average Bonchev–Trinajstić information content (AvgIpc) is 2.44. The highest BCUT2D eigenvalue weighted by atomic mass is 35.5. The van der Waals surface area contributed by atoms with E-state index in [-0.39, 0.29) is 0 Å². The van der Waals surface area contributed by atoms with E-state index < -0.39 is 0 Å². The second-order valence-corrected chi connectivity index (χ2v) is 3.37. The SMILES string of the molecule is CCC1(C)CC1CCl. The fourth-order valence-electron chi connectivity index (χ4n) is 1.18. The summed E-state index contributed by atoms with van der Waals surface area (Å²) in [6.07, 6.45) is 2.65. The van der Waals surface area contributed by atoms with Crippen LogP contribution in [-0.4, -0.2) is 5.88 Å². The van der Waals surface area contributed by atoms with Crippen LogP contribution in [0.2, 0.25) is 0 Å². The van der Waals surface area contributed by atoms with E-state index in [4.69, 9.17) is 11.6 Å². The first-order valence-corrected chi connectivity index (χ1v) is 3.82. The largest absolute Gasteiger partial charge is 0.126 e. The van der Waals surface area contributed by atoms with Gasteiger partial charge in [0.05, 0.1) is 0 Å². The molecule has 0 aromatic heterocycles. The van der Waals surface area contributed by atoms with Gasteiger partial charge in [0.15, 0.2) is 0 Å². The van der Waals surface area contributed by atoms with Gasteiger partial charge < -0.3 is 0 Å². The molecular formula is C7H13Cl. The maximum absolute atomic E-state index is 5.66. The molecule has 1 fully saturated rings. The molecule has 0 N–H and O–H groups in total. The maximum Gasteiger partial charge on any atom is 0.0257 e. The first-order chi connectivity index (χ1) is 3.73. The lowest BCUT2D eigenvalue weighted by Crippen LogP contribution is -1.95. The summed E-state index contributed by atoms with van der Waals surface area (Å²) in [4.78, 5) is 0. The Bertz CT molecular complexity index is 90.4. The fraction of sp³-hybridized carbons (Fsp3) is 1.00. The molecule has 2 atom stereocenters. The van der Waals surface area contributed by atoms with Crippen LogP contribution in [-0.2, 0) is 0 Å². The van der Waals surface area contributed by atoms with Crippen molar-refractivity contribution in [1.29, 1.82) is 0 Å². The van der Waals surface area contributed by atoms with E-state index in [2.05, 4.69) is 13.8 Å². The lowest BCUT2D eigenvalue weighted by atomic mass is 10.0. The molecule has 0 aliphatic heterocycles. The van der Waals surface area contributed by atoms with Crippen molar-refractivity contribution >= 4 is 11.6 Å². The molecular weight excluding hydrogens is 120 g/mol. The first kappa shape index (κ1) is 6.41. The minimum atomic E-state index is 0.627. The predicted octanol–water partition coefficient (Wildman–Crippen LogP) is 2.66. The van der Waals surface area contributed by atoms with Crippen LogP contribution < -0.4 is 0 Å². The normalized spacial score (nSPS) is 44.6. The van der Waals surface area contributed by atoms with E-state index in [1.54, 1.807) is 0 Å². The van der Waals surface area contributed by atoms with Gasteiger partial charge in [-0.2, -0.15) is 0 Å². The van der Waals surface area contributed by atoms with Crippen molar-refractivity contribution in [3.63, 3.8) is 0 Å². The quantitative estimate of drug-likeness (QED) is 0.507. The van der Waals surface area contributed by atoms with Crippen molar-refractivity contribution in [3.05, 3.63) is 0 Å². The van der Waals surface area contributed by atoms with Crippen molar-refractivity contribution in [1.82, 2.24) is 0 Å². The summed E-state index contributed by atoms with van der Waals surface area (Å²) in [5, 5.41) is 0. The Labute approximate surface area is 56.2 Å². The van der Waals surface area contributed by atoms with Crippen molar-refractivity contribution in [2.24, 2.45) is 11.3 Å². The summed E-state index contributed by atoms with van der Waals surface area (Å²) in [6.45, 7) is 4.56. The molecule has 0 radical (unpaired) electrons. The van der Waals surface area contributed by atoms with Crippen LogP contribution in [0.25, 0.3) is 0 Å². The molecule has 0 aromatic rings. The van der Waals surface area contributed by atoms with Crippen LogP contribution in [0.5, 0.6) is 0 Å². The summed E-state index contributed by atoms with van der Waals surface area (Å²) in [5.74, 6) is 1.69. The number of rotatable bonds is 2. The van der Waals surface area contributed by atoms with Crippen LogP contribution in [0.15, 0.2) is 0 Å². The summed E-state index contributed by atoms with van der Waals surface area (Å²) in [6, 6.07) is 0. The molecule has 0 spiro atoms. The van der Waals surface area contributed by atoms with Crippen LogP contribution in [0.1, 0.15) is 26.7 Å². The Hall–Kier alpha value is 0.290. The molecule has 1 aliphatic carbocycles. The zero-order valence-electron chi connectivity index (χ0n) is 5.58. The summed E-state index contributed by atoms with van der Waals surface area (Å²) in [5.41, 5.74) is 0.627. The third-order valence-corrected chi connectivity index (χ3v) is 2.90. The molecule has 0 heterocycles. The monoisotopic (exact) mass is 132 g/mol. The lowest BCUT2D eigenvalue weighted by molar-refractivity contribution is 0.504. The maximum atomic E-state index is 5.66. The lowest BCUT2D eigenvalue weighted by Gasteiger charge is -2.02. The average molecular weight is 133 g/mol. The molecule has 1 saturated carbocycles. The standard InChI is InChI=1S/C7H13Cl/c1-3-7(2)4-6(7)5-8/h6H,3-5H2,1-2H3. The topological polar surface area (TPSA) is 0 Å². The summed E-state index contributed by atoms with van der Waals surface area (Å²) >= 11 is 5.66. The van der Waals surface area contributed by atoms with E-state index in [9.17, 15) is 0 Å². The highest BCUT2D eigenvalue weighted by Crippen LogP contribution is 2.54. The second-order valence-electron chi connectivity index (χ2n) is 3.06. The Morgan fingerprint density at radius 1 is 1.75 bits per heavy atom. The van der Waals surface area contributed by atoms with Crippen molar-refractivity contribution < 1.29 is 0 Å². The summed E-state index contributed by atoms with van der Waals surface area (Å²) < 4.78 is 0.